The van der Waals surface area contributed by atoms with Crippen molar-refractivity contribution in [1.29, 1.82) is 0 Å². The second kappa shape index (κ2) is 8.51. The van der Waals surface area contributed by atoms with E-state index >= 15 is 0 Å². The molecule has 9 heteroatoms. The zero-order valence-electron chi connectivity index (χ0n) is 16.4. The summed E-state index contributed by atoms with van der Waals surface area (Å²) < 4.78 is 14.0. The number of aromatic nitrogens is 2. The van der Waals surface area contributed by atoms with Gasteiger partial charge in [0.15, 0.2) is 11.6 Å². The average molecular weight is 419 g/mol. The fraction of sp³-hybridized carbons (Fsp3) is 0.450. The van der Waals surface area contributed by atoms with Crippen LogP contribution in [-0.4, -0.2) is 85.3 Å². The van der Waals surface area contributed by atoms with Gasteiger partial charge in [-0.2, -0.15) is 0 Å². The standard InChI is InChI=1S/C20H24ClFN6O/c1-25-7-9-26(10-8-25)17-5-6-18(24-23-17)27-11-13-28(14-12-27)20(29)19-15(21)3-2-4-16(19)22/h2-6H,7-14H2,1H3. The minimum Gasteiger partial charge on any atom is -0.353 e. The molecule has 0 aliphatic carbocycles. The molecule has 2 aliphatic rings. The molecule has 0 atom stereocenters. The van der Waals surface area contributed by atoms with Crippen LogP contribution in [0.25, 0.3) is 0 Å². The second-order valence-electron chi connectivity index (χ2n) is 7.42. The number of halogens is 2. The van der Waals surface area contributed by atoms with E-state index in [1.54, 1.807) is 4.90 Å². The first-order valence-electron chi connectivity index (χ1n) is 9.78. The number of benzene rings is 1. The van der Waals surface area contributed by atoms with Crippen molar-refractivity contribution in [3.63, 3.8) is 0 Å². The number of carbonyl (C=O) groups is 1. The Morgan fingerprint density at radius 3 is 1.97 bits per heavy atom. The lowest BCUT2D eigenvalue weighted by molar-refractivity contribution is 0.0742. The van der Waals surface area contributed by atoms with Gasteiger partial charge in [-0.1, -0.05) is 17.7 Å². The number of anilines is 2. The molecule has 1 aromatic carbocycles. The van der Waals surface area contributed by atoms with Gasteiger partial charge in [-0.25, -0.2) is 4.39 Å². The number of hydrogen-bond donors (Lipinski definition) is 0. The molecule has 3 heterocycles. The van der Waals surface area contributed by atoms with Gasteiger partial charge in [0.1, 0.15) is 5.82 Å². The lowest BCUT2D eigenvalue weighted by Crippen LogP contribution is -2.49. The molecule has 0 N–H and O–H groups in total. The summed E-state index contributed by atoms with van der Waals surface area (Å²) in [6, 6.07) is 8.27. The molecule has 29 heavy (non-hydrogen) atoms. The summed E-state index contributed by atoms with van der Waals surface area (Å²) in [6.45, 7) is 6.11. The zero-order valence-corrected chi connectivity index (χ0v) is 17.1. The molecular formula is C20H24ClFN6O. The maximum Gasteiger partial charge on any atom is 0.258 e. The number of nitrogens with zero attached hydrogens (tertiary/aromatic N) is 6. The van der Waals surface area contributed by atoms with Crippen LogP contribution in [0.3, 0.4) is 0 Å². The first-order chi connectivity index (χ1) is 14.0. The highest BCUT2D eigenvalue weighted by Gasteiger charge is 2.26. The number of likely N-dealkylation sites (N-methyl/N-ethyl adjacent to an activating group) is 1. The lowest BCUT2D eigenvalue weighted by Gasteiger charge is -2.36. The van der Waals surface area contributed by atoms with Gasteiger partial charge in [0.25, 0.3) is 5.91 Å². The molecule has 154 valence electrons. The molecule has 0 unspecified atom stereocenters. The average Bonchev–Trinajstić information content (AvgIpc) is 2.74. The van der Waals surface area contributed by atoms with E-state index in [-0.39, 0.29) is 16.5 Å². The van der Waals surface area contributed by atoms with Gasteiger partial charge in [-0.3, -0.25) is 4.79 Å². The Morgan fingerprint density at radius 2 is 1.45 bits per heavy atom. The van der Waals surface area contributed by atoms with Crippen molar-refractivity contribution in [1.82, 2.24) is 20.0 Å². The molecule has 2 aliphatic heterocycles. The first kappa shape index (κ1) is 19.8. The van der Waals surface area contributed by atoms with E-state index in [4.69, 9.17) is 11.6 Å². The molecule has 2 saturated heterocycles. The van der Waals surface area contributed by atoms with Crippen molar-refractivity contribution in [2.45, 2.75) is 0 Å². The van der Waals surface area contributed by atoms with Crippen LogP contribution in [0.1, 0.15) is 10.4 Å². The molecule has 4 rings (SSSR count). The molecule has 1 aromatic heterocycles. The van der Waals surface area contributed by atoms with Gasteiger partial charge in [0, 0.05) is 52.4 Å². The summed E-state index contributed by atoms with van der Waals surface area (Å²) in [5.74, 6) is 0.725. The number of amides is 1. The highest BCUT2D eigenvalue weighted by Crippen LogP contribution is 2.23. The van der Waals surface area contributed by atoms with E-state index in [9.17, 15) is 9.18 Å². The van der Waals surface area contributed by atoms with Gasteiger partial charge in [-0.05, 0) is 31.3 Å². The van der Waals surface area contributed by atoms with Crippen LogP contribution in [0.4, 0.5) is 16.0 Å². The normalized spacial score (nSPS) is 18.2. The fourth-order valence-electron chi connectivity index (χ4n) is 3.69. The summed E-state index contributed by atoms with van der Waals surface area (Å²) in [6.07, 6.45) is 0. The van der Waals surface area contributed by atoms with E-state index in [1.165, 1.54) is 18.2 Å². The molecule has 0 radical (unpaired) electrons. The molecule has 2 aromatic rings. The molecule has 0 spiro atoms. The predicted octanol–water partition coefficient (Wildman–Crippen LogP) is 1.98. The second-order valence-corrected chi connectivity index (χ2v) is 7.82. The Kier molecular flexibility index (Phi) is 5.82. The summed E-state index contributed by atoms with van der Waals surface area (Å²) in [7, 11) is 2.12. The third kappa shape index (κ3) is 4.28. The van der Waals surface area contributed by atoms with Gasteiger partial charge in [0.05, 0.1) is 10.6 Å². The van der Waals surface area contributed by atoms with Crippen LogP contribution in [0.15, 0.2) is 30.3 Å². The van der Waals surface area contributed by atoms with Crippen molar-refractivity contribution in [3.05, 3.63) is 46.7 Å². The van der Waals surface area contributed by atoms with Crippen LogP contribution in [0.5, 0.6) is 0 Å². The molecule has 2 fully saturated rings. The Labute approximate surface area is 174 Å². The molecule has 1 amide bonds. The van der Waals surface area contributed by atoms with Gasteiger partial charge < -0.3 is 19.6 Å². The smallest absolute Gasteiger partial charge is 0.258 e. The topological polar surface area (TPSA) is 55.8 Å². The third-order valence-corrected chi connectivity index (χ3v) is 5.85. The summed E-state index contributed by atoms with van der Waals surface area (Å²) in [5, 5.41) is 8.93. The van der Waals surface area contributed by atoms with Crippen LogP contribution >= 0.6 is 11.6 Å². The zero-order chi connectivity index (χ0) is 20.4. The highest BCUT2D eigenvalue weighted by atomic mass is 35.5. The van der Waals surface area contributed by atoms with E-state index in [1.807, 2.05) is 12.1 Å². The lowest BCUT2D eigenvalue weighted by atomic mass is 10.1. The molecule has 0 saturated carbocycles. The van der Waals surface area contributed by atoms with Crippen molar-refractivity contribution < 1.29 is 9.18 Å². The number of piperazine rings is 2. The van der Waals surface area contributed by atoms with Crippen molar-refractivity contribution >= 4 is 29.1 Å². The fourth-order valence-corrected chi connectivity index (χ4v) is 3.93. The number of rotatable bonds is 3. The predicted molar refractivity (Wildman–Crippen MR) is 111 cm³/mol. The van der Waals surface area contributed by atoms with Crippen LogP contribution in [-0.2, 0) is 0 Å². The van der Waals surface area contributed by atoms with E-state index in [2.05, 4.69) is 31.9 Å². The maximum atomic E-state index is 14.0. The van der Waals surface area contributed by atoms with Crippen LogP contribution < -0.4 is 9.80 Å². The SMILES string of the molecule is CN1CCN(c2ccc(N3CCN(C(=O)c4c(F)cccc4Cl)CC3)nn2)CC1. The van der Waals surface area contributed by atoms with Crippen molar-refractivity contribution in [2.24, 2.45) is 0 Å². The Balaban J connectivity index is 1.36. The quantitative estimate of drug-likeness (QED) is 0.759. The minimum absolute atomic E-state index is 0.0565. The monoisotopic (exact) mass is 418 g/mol. The summed E-state index contributed by atoms with van der Waals surface area (Å²) in [4.78, 5) is 20.9. The highest BCUT2D eigenvalue weighted by molar-refractivity contribution is 6.33. The maximum absolute atomic E-state index is 14.0. The molecular weight excluding hydrogens is 395 g/mol. The largest absolute Gasteiger partial charge is 0.353 e. The number of hydrogen-bond acceptors (Lipinski definition) is 6. The van der Waals surface area contributed by atoms with E-state index in [0.717, 1.165) is 37.8 Å². The van der Waals surface area contributed by atoms with Crippen molar-refractivity contribution in [2.75, 3.05) is 69.2 Å². The van der Waals surface area contributed by atoms with Crippen LogP contribution in [0, 0.1) is 5.82 Å². The Morgan fingerprint density at radius 1 is 0.897 bits per heavy atom. The van der Waals surface area contributed by atoms with Gasteiger partial charge >= 0.3 is 0 Å². The summed E-state index contributed by atoms with van der Waals surface area (Å²) in [5.41, 5.74) is -0.0565. The van der Waals surface area contributed by atoms with E-state index in [0.29, 0.717) is 26.2 Å². The third-order valence-electron chi connectivity index (χ3n) is 5.53. The molecule has 7 nitrogen and oxygen atoms in total. The first-order valence-corrected chi connectivity index (χ1v) is 10.2. The van der Waals surface area contributed by atoms with Gasteiger partial charge in [-0.15, -0.1) is 10.2 Å². The minimum atomic E-state index is -0.588. The van der Waals surface area contributed by atoms with Gasteiger partial charge in [0.2, 0.25) is 0 Å². The Bertz CT molecular complexity index is 844. The van der Waals surface area contributed by atoms with Crippen LogP contribution in [0.2, 0.25) is 5.02 Å². The van der Waals surface area contributed by atoms with Crippen molar-refractivity contribution in [3.8, 4) is 0 Å². The number of carbonyl (C=O) groups excluding carboxylic acids is 1. The van der Waals surface area contributed by atoms with E-state index < -0.39 is 5.82 Å². The Hall–Kier alpha value is -2.45. The summed E-state index contributed by atoms with van der Waals surface area (Å²) >= 11 is 6.03. The molecule has 0 bridgehead atoms.